The molecule has 0 bridgehead atoms. The number of nitrogens with zero attached hydrogens (tertiary/aromatic N) is 6. The second-order valence-electron chi connectivity index (χ2n) is 12.8. The van der Waals surface area contributed by atoms with E-state index in [4.69, 9.17) is 24.3 Å². The van der Waals surface area contributed by atoms with Crippen LogP contribution in [0.3, 0.4) is 0 Å². The van der Waals surface area contributed by atoms with Gasteiger partial charge in [0, 0.05) is 37.6 Å². The van der Waals surface area contributed by atoms with E-state index in [1.165, 1.54) is 48.8 Å². The van der Waals surface area contributed by atoms with Gasteiger partial charge in [-0.3, -0.25) is 0 Å². The van der Waals surface area contributed by atoms with Crippen LogP contribution in [-0.4, -0.2) is 84.0 Å². The highest BCUT2D eigenvalue weighted by Crippen LogP contribution is 2.33. The Morgan fingerprint density at radius 1 is 0.615 bits per heavy atom. The van der Waals surface area contributed by atoms with E-state index >= 15 is 0 Å². The number of alkyl halides is 6. The molecule has 24 heteroatoms. The van der Waals surface area contributed by atoms with Crippen molar-refractivity contribution in [1.82, 2.24) is 30.2 Å². The first kappa shape index (κ1) is 48.8. The van der Waals surface area contributed by atoms with Crippen molar-refractivity contribution in [2.45, 2.75) is 17.9 Å². The van der Waals surface area contributed by atoms with Crippen LogP contribution in [0.5, 0.6) is 23.3 Å². The number of hydrogen-bond acceptors (Lipinski definition) is 16. The van der Waals surface area contributed by atoms with E-state index in [0.29, 0.717) is 71.5 Å². The number of nitrogens with two attached hydrogens (primary N) is 1. The molecule has 0 amide bonds. The molecular weight excluding hydrogens is 914 g/mol. The van der Waals surface area contributed by atoms with Crippen LogP contribution < -0.4 is 30.0 Å². The predicted molar refractivity (Wildman–Crippen MR) is 225 cm³/mol. The third kappa shape index (κ3) is 14.7. The van der Waals surface area contributed by atoms with Gasteiger partial charge in [-0.15, -0.1) is 38.7 Å². The second-order valence-corrected chi connectivity index (χ2v) is 14.7. The minimum absolute atomic E-state index is 0. The van der Waals surface area contributed by atoms with Gasteiger partial charge in [0.15, 0.2) is 11.2 Å². The van der Waals surface area contributed by atoms with Gasteiger partial charge in [-0.1, -0.05) is 36.4 Å². The third-order valence-electron chi connectivity index (χ3n) is 8.14. The largest absolute Gasteiger partial charge is 0.573 e. The Morgan fingerprint density at radius 2 is 1.03 bits per heavy atom. The lowest BCUT2D eigenvalue weighted by Gasteiger charge is -2.09. The van der Waals surface area contributed by atoms with Crippen molar-refractivity contribution >= 4 is 50.1 Å². The van der Waals surface area contributed by atoms with E-state index < -0.39 is 22.6 Å². The molecule has 4 aromatic carbocycles. The molecule has 0 radical (unpaired) electrons. The molecule has 0 saturated heterocycles. The summed E-state index contributed by atoms with van der Waals surface area (Å²) in [5, 5.41) is 12.0. The van der Waals surface area contributed by atoms with E-state index in [2.05, 4.69) is 45.0 Å². The van der Waals surface area contributed by atoms with Gasteiger partial charge in [0.05, 0.1) is 17.3 Å². The Kier molecular flexibility index (Phi) is 16.4. The zero-order valence-electron chi connectivity index (χ0n) is 33.5. The lowest BCUT2D eigenvalue weighted by atomic mass is 10.0. The number of halogens is 7. The average Bonchev–Trinajstić information content (AvgIpc) is 3.88. The van der Waals surface area contributed by atoms with Crippen LogP contribution in [0.15, 0.2) is 136 Å². The summed E-state index contributed by atoms with van der Waals surface area (Å²) < 4.78 is 124. The summed E-state index contributed by atoms with van der Waals surface area (Å²) in [6, 6.07) is 25.1. The molecule has 0 aliphatic heterocycles. The molecule has 8 rings (SSSR count). The van der Waals surface area contributed by atoms with Crippen LogP contribution in [0.25, 0.3) is 44.2 Å². The van der Waals surface area contributed by atoms with Crippen LogP contribution >= 0.6 is 12.4 Å². The highest BCUT2D eigenvalue weighted by Gasteiger charge is 2.31. The monoisotopic (exact) mass is 948 g/mol. The van der Waals surface area contributed by atoms with Gasteiger partial charge in [0.2, 0.25) is 20.9 Å². The SMILES string of the molecule is CS(=O)(=O)c1ncccn1.Cl.FC(F)(F)Oc1ccc(-c2ccc3onc(OCCNc4ncccn4)c3c2)cc1.NCCOc1noc2ccc(-c3ccc(OC(F)(F)F)cc3)cc12. The number of fused-ring (bicyclic) bond motifs is 2. The minimum Gasteiger partial charge on any atom is -0.474 e. The molecular formula is C41H35ClF6N8O8S. The first-order valence-corrected chi connectivity index (χ1v) is 20.4. The molecule has 16 nitrogen and oxygen atoms in total. The first-order chi connectivity index (χ1) is 30.5. The van der Waals surface area contributed by atoms with Crippen molar-refractivity contribution in [3.05, 3.63) is 122 Å². The topological polar surface area (TPSA) is 213 Å². The highest BCUT2D eigenvalue weighted by molar-refractivity contribution is 7.90. The molecule has 3 N–H and O–H groups in total. The quantitative estimate of drug-likeness (QED) is 0.0628. The predicted octanol–water partition coefficient (Wildman–Crippen LogP) is 8.71. The average molecular weight is 949 g/mol. The Bertz CT molecular complexity index is 2840. The fourth-order valence-corrected chi connectivity index (χ4v) is 5.94. The Balaban J connectivity index is 0.000000202. The summed E-state index contributed by atoms with van der Waals surface area (Å²) in [5.41, 5.74) is 9.45. The Labute approximate surface area is 371 Å². The second kappa shape index (κ2) is 21.9. The van der Waals surface area contributed by atoms with Crippen LogP contribution in [-0.2, 0) is 9.84 Å². The molecule has 0 saturated carbocycles. The van der Waals surface area contributed by atoms with Crippen molar-refractivity contribution in [3.63, 3.8) is 0 Å². The summed E-state index contributed by atoms with van der Waals surface area (Å²) in [6.07, 6.45) is -2.32. The number of rotatable bonds is 13. The summed E-state index contributed by atoms with van der Waals surface area (Å²) >= 11 is 0. The van der Waals surface area contributed by atoms with Crippen molar-refractivity contribution in [3.8, 4) is 45.5 Å². The highest BCUT2D eigenvalue weighted by atomic mass is 35.5. The molecule has 8 aromatic rings. The Hall–Kier alpha value is -7.24. The zero-order valence-corrected chi connectivity index (χ0v) is 35.1. The molecule has 0 fully saturated rings. The van der Waals surface area contributed by atoms with Crippen LogP contribution in [0.4, 0.5) is 32.3 Å². The molecule has 0 atom stereocenters. The smallest absolute Gasteiger partial charge is 0.474 e. The molecule has 4 heterocycles. The lowest BCUT2D eigenvalue weighted by Crippen LogP contribution is -2.16. The van der Waals surface area contributed by atoms with E-state index in [1.54, 1.807) is 73.1 Å². The molecule has 342 valence electrons. The van der Waals surface area contributed by atoms with Gasteiger partial charge in [0.25, 0.3) is 11.8 Å². The maximum absolute atomic E-state index is 12.3. The molecule has 4 aromatic heterocycles. The molecule has 0 aliphatic rings. The molecule has 0 aliphatic carbocycles. The van der Waals surface area contributed by atoms with E-state index in [9.17, 15) is 34.8 Å². The van der Waals surface area contributed by atoms with Crippen molar-refractivity contribution in [2.24, 2.45) is 5.73 Å². The number of aromatic nitrogens is 6. The lowest BCUT2D eigenvalue weighted by molar-refractivity contribution is -0.275. The van der Waals surface area contributed by atoms with Gasteiger partial charge < -0.3 is 39.0 Å². The summed E-state index contributed by atoms with van der Waals surface area (Å²) in [7, 11) is -3.23. The van der Waals surface area contributed by atoms with Gasteiger partial charge in [-0.2, -0.15) is 0 Å². The first-order valence-electron chi connectivity index (χ1n) is 18.5. The summed E-state index contributed by atoms with van der Waals surface area (Å²) in [6.45, 7) is 1.40. The van der Waals surface area contributed by atoms with Gasteiger partial charge >= 0.3 is 12.7 Å². The number of nitrogens with one attached hydrogen (secondary N) is 1. The van der Waals surface area contributed by atoms with Crippen molar-refractivity contribution in [2.75, 3.05) is 37.9 Å². The van der Waals surface area contributed by atoms with Crippen LogP contribution in [0.1, 0.15) is 0 Å². The van der Waals surface area contributed by atoms with Gasteiger partial charge in [0.1, 0.15) is 24.7 Å². The Morgan fingerprint density at radius 3 is 1.43 bits per heavy atom. The standard InChI is InChI=1S/C20H15F3N4O3.C16H13F3N2O3.C5H6N2O2S.ClH/c21-20(22,23)29-15-5-2-13(3-6-15)14-4-7-17-16(12-14)18(27-30-17)28-11-10-26-19-24-8-1-9-25-19;17-16(18,19)23-12-4-1-10(2-5-12)11-3-6-14-13(9-11)15(21-24-14)22-8-7-20;1-10(8,9)5-6-3-2-4-7-5;/h1-9,12H,10-11H2,(H,24,25,26);1-6,9H,7-8,20H2;2-4H,1H3;1H. The fraction of sp³-hybridized carbons (Fsp3) is 0.171. The molecule has 0 spiro atoms. The number of hydrogen-bond donors (Lipinski definition) is 2. The van der Waals surface area contributed by atoms with Crippen molar-refractivity contribution in [1.29, 1.82) is 0 Å². The normalized spacial score (nSPS) is 11.3. The third-order valence-corrected chi connectivity index (χ3v) is 9.01. The van der Waals surface area contributed by atoms with E-state index in [-0.39, 0.29) is 29.1 Å². The van der Waals surface area contributed by atoms with Crippen molar-refractivity contribution < 1.29 is 62.8 Å². The maximum atomic E-state index is 12.3. The van der Waals surface area contributed by atoms with Gasteiger partial charge in [-0.25, -0.2) is 28.4 Å². The van der Waals surface area contributed by atoms with Crippen LogP contribution in [0, 0.1) is 0 Å². The number of sulfone groups is 1. The number of ether oxygens (including phenoxy) is 4. The van der Waals surface area contributed by atoms with E-state index in [0.717, 1.165) is 22.9 Å². The van der Waals surface area contributed by atoms with Gasteiger partial charge in [-0.05, 0) is 93.2 Å². The maximum Gasteiger partial charge on any atom is 0.573 e. The minimum atomic E-state index is -4.73. The zero-order chi connectivity index (χ0) is 45.7. The fourth-order valence-electron chi connectivity index (χ4n) is 5.43. The summed E-state index contributed by atoms with van der Waals surface area (Å²) in [5.74, 6) is 0.584. The summed E-state index contributed by atoms with van der Waals surface area (Å²) in [4.78, 5) is 15.2. The molecule has 65 heavy (non-hydrogen) atoms. The number of benzene rings is 4. The van der Waals surface area contributed by atoms with E-state index in [1.807, 2.05) is 0 Å². The van der Waals surface area contributed by atoms with Crippen LogP contribution in [0.2, 0.25) is 0 Å². The molecule has 0 unspecified atom stereocenters. The number of anilines is 1.